The number of nitrogens with two attached hydrogens (primary N) is 1. The summed E-state index contributed by atoms with van der Waals surface area (Å²) in [5.74, 6) is -0.0555. The molecule has 2 rings (SSSR count). The van der Waals surface area contributed by atoms with E-state index in [0.29, 0.717) is 23.8 Å². The van der Waals surface area contributed by atoms with Gasteiger partial charge in [-0.15, -0.1) is 11.3 Å². The summed E-state index contributed by atoms with van der Waals surface area (Å²) in [4.78, 5) is 16.5. The zero-order valence-electron chi connectivity index (χ0n) is 11.5. The van der Waals surface area contributed by atoms with Crippen molar-refractivity contribution in [1.82, 2.24) is 14.8 Å². The summed E-state index contributed by atoms with van der Waals surface area (Å²) in [6.45, 7) is 5.01. The number of hydrogen-bond acceptors (Lipinski definition) is 5. The van der Waals surface area contributed by atoms with Crippen molar-refractivity contribution in [2.75, 3.05) is 0 Å². The third-order valence-corrected chi connectivity index (χ3v) is 4.34. The summed E-state index contributed by atoms with van der Waals surface area (Å²) in [5, 5.41) is 7.51. The van der Waals surface area contributed by atoms with Crippen LogP contribution in [0.15, 0.2) is 5.38 Å². The van der Waals surface area contributed by atoms with Crippen LogP contribution in [-0.4, -0.2) is 20.5 Å². The average molecular weight is 313 g/mol. The first kappa shape index (κ1) is 15.2. The Morgan fingerprint density at radius 3 is 2.80 bits per heavy atom. The lowest BCUT2D eigenvalue weighted by Crippen LogP contribution is -2.10. The van der Waals surface area contributed by atoms with Crippen LogP contribution < -0.4 is 5.73 Å². The molecule has 0 aromatic carbocycles. The fourth-order valence-electron chi connectivity index (χ4n) is 1.96. The van der Waals surface area contributed by atoms with E-state index in [-0.39, 0.29) is 12.2 Å². The maximum atomic E-state index is 12.3. The second-order valence-electron chi connectivity index (χ2n) is 4.31. The van der Waals surface area contributed by atoms with Crippen molar-refractivity contribution >= 4 is 28.7 Å². The molecule has 0 aliphatic heterocycles. The molecule has 2 aromatic heterocycles. The predicted molar refractivity (Wildman–Crippen MR) is 80.3 cm³/mol. The number of halogens is 1. The highest BCUT2D eigenvalue weighted by molar-refractivity contribution is 7.09. The van der Waals surface area contributed by atoms with E-state index in [1.54, 1.807) is 10.1 Å². The van der Waals surface area contributed by atoms with Gasteiger partial charge in [0.1, 0.15) is 10.7 Å². The highest BCUT2D eigenvalue weighted by Crippen LogP contribution is 2.23. The molecule has 20 heavy (non-hydrogen) atoms. The Morgan fingerprint density at radius 2 is 2.25 bits per heavy atom. The zero-order valence-corrected chi connectivity index (χ0v) is 13.1. The van der Waals surface area contributed by atoms with Crippen molar-refractivity contribution in [2.24, 2.45) is 5.73 Å². The van der Waals surface area contributed by atoms with Crippen LogP contribution in [0.5, 0.6) is 0 Å². The van der Waals surface area contributed by atoms with Gasteiger partial charge in [0.2, 0.25) is 0 Å². The van der Waals surface area contributed by atoms with E-state index in [2.05, 4.69) is 10.1 Å². The smallest absolute Gasteiger partial charge is 0.188 e. The summed E-state index contributed by atoms with van der Waals surface area (Å²) in [5.41, 5.74) is 7.55. The molecule has 0 aliphatic rings. The number of rotatable bonds is 6. The molecule has 0 saturated heterocycles. The molecule has 0 saturated carbocycles. The quantitative estimate of drug-likeness (QED) is 0.831. The maximum absolute atomic E-state index is 12.3. The molecule has 0 atom stereocenters. The Kier molecular flexibility index (Phi) is 4.91. The standard InChI is InChI=1S/C13H17ClN4OS/c1-3-8-13(14)10(18(4-2)17-8)5-11(19)9-7-20-12(6-15)16-9/h7H,3-6,15H2,1-2H3. The van der Waals surface area contributed by atoms with Crippen LogP contribution in [0.25, 0.3) is 0 Å². The second-order valence-corrected chi connectivity index (χ2v) is 5.63. The molecule has 2 heterocycles. The SMILES string of the molecule is CCc1nn(CC)c(CC(=O)c2csc(CN)n2)c1Cl. The van der Waals surface area contributed by atoms with Gasteiger partial charge >= 0.3 is 0 Å². The van der Waals surface area contributed by atoms with Gasteiger partial charge in [0.05, 0.1) is 22.8 Å². The predicted octanol–water partition coefficient (Wildman–Crippen LogP) is 2.46. The van der Waals surface area contributed by atoms with E-state index in [4.69, 9.17) is 17.3 Å². The maximum Gasteiger partial charge on any atom is 0.188 e. The van der Waals surface area contributed by atoms with Crippen LogP contribution in [-0.2, 0) is 25.9 Å². The first-order chi connectivity index (χ1) is 9.60. The van der Waals surface area contributed by atoms with Gasteiger partial charge in [-0.05, 0) is 13.3 Å². The molecule has 2 aromatic rings. The molecule has 108 valence electrons. The van der Waals surface area contributed by atoms with Crippen molar-refractivity contribution in [3.63, 3.8) is 0 Å². The number of hydrogen-bond donors (Lipinski definition) is 1. The molecule has 0 amide bonds. The van der Waals surface area contributed by atoms with E-state index in [1.165, 1.54) is 11.3 Å². The molecule has 0 radical (unpaired) electrons. The van der Waals surface area contributed by atoms with E-state index in [0.717, 1.165) is 22.8 Å². The van der Waals surface area contributed by atoms with Crippen molar-refractivity contribution in [2.45, 2.75) is 39.8 Å². The van der Waals surface area contributed by atoms with Crippen LogP contribution in [0.4, 0.5) is 0 Å². The molecule has 0 fully saturated rings. The Balaban J connectivity index is 2.25. The normalized spacial score (nSPS) is 11.0. The van der Waals surface area contributed by atoms with Crippen LogP contribution in [0, 0.1) is 0 Å². The van der Waals surface area contributed by atoms with Gasteiger partial charge in [-0.2, -0.15) is 5.10 Å². The van der Waals surface area contributed by atoms with Crippen LogP contribution in [0.1, 0.15) is 40.7 Å². The number of nitrogens with zero attached hydrogens (tertiary/aromatic N) is 3. The summed E-state index contributed by atoms with van der Waals surface area (Å²) < 4.78 is 1.79. The highest BCUT2D eigenvalue weighted by atomic mass is 35.5. The average Bonchev–Trinajstić information content (AvgIpc) is 3.05. The zero-order chi connectivity index (χ0) is 14.7. The fraction of sp³-hybridized carbons (Fsp3) is 0.462. The number of ketones is 1. The molecular formula is C13H17ClN4OS. The molecular weight excluding hydrogens is 296 g/mol. The van der Waals surface area contributed by atoms with Gasteiger partial charge in [-0.1, -0.05) is 18.5 Å². The van der Waals surface area contributed by atoms with Crippen LogP contribution >= 0.6 is 22.9 Å². The molecule has 0 spiro atoms. The second kappa shape index (κ2) is 6.47. The number of thiazole rings is 1. The minimum absolute atomic E-state index is 0.0555. The van der Waals surface area contributed by atoms with Gasteiger partial charge in [0.25, 0.3) is 0 Å². The number of carbonyl (C=O) groups is 1. The summed E-state index contributed by atoms with van der Waals surface area (Å²) in [6, 6.07) is 0. The van der Waals surface area contributed by atoms with Crippen LogP contribution in [0.3, 0.4) is 0 Å². The largest absolute Gasteiger partial charge is 0.325 e. The number of carbonyl (C=O) groups excluding carboxylic acids is 1. The number of aryl methyl sites for hydroxylation is 2. The summed E-state index contributed by atoms with van der Waals surface area (Å²) >= 11 is 7.70. The van der Waals surface area contributed by atoms with Crippen molar-refractivity contribution in [3.05, 3.63) is 32.5 Å². The molecule has 0 bridgehead atoms. The van der Waals surface area contributed by atoms with Crippen molar-refractivity contribution in [3.8, 4) is 0 Å². The topological polar surface area (TPSA) is 73.8 Å². The third kappa shape index (κ3) is 2.92. The minimum atomic E-state index is -0.0555. The van der Waals surface area contributed by atoms with E-state index in [9.17, 15) is 4.79 Å². The number of aromatic nitrogens is 3. The number of Topliss-reactive ketones (excluding diaryl/α,β-unsaturated/α-hetero) is 1. The fourth-order valence-corrected chi connectivity index (χ4v) is 2.98. The summed E-state index contributed by atoms with van der Waals surface area (Å²) in [7, 11) is 0. The molecule has 0 aliphatic carbocycles. The molecule has 7 heteroatoms. The monoisotopic (exact) mass is 312 g/mol. The van der Waals surface area contributed by atoms with Gasteiger partial charge in [0.15, 0.2) is 5.78 Å². The Labute approximate surface area is 126 Å². The first-order valence-corrected chi connectivity index (χ1v) is 7.78. The van der Waals surface area contributed by atoms with Gasteiger partial charge in [-0.3, -0.25) is 9.48 Å². The summed E-state index contributed by atoms with van der Waals surface area (Å²) in [6.07, 6.45) is 0.967. The lowest BCUT2D eigenvalue weighted by molar-refractivity contribution is 0.0986. The van der Waals surface area contributed by atoms with Gasteiger partial charge in [0, 0.05) is 18.5 Å². The van der Waals surface area contributed by atoms with Crippen LogP contribution in [0.2, 0.25) is 5.02 Å². The lowest BCUT2D eigenvalue weighted by atomic mass is 10.1. The van der Waals surface area contributed by atoms with Crippen molar-refractivity contribution < 1.29 is 4.79 Å². The Hall–Kier alpha value is -1.24. The van der Waals surface area contributed by atoms with Crippen molar-refractivity contribution in [1.29, 1.82) is 0 Å². The lowest BCUT2D eigenvalue weighted by Gasteiger charge is -2.03. The third-order valence-electron chi connectivity index (χ3n) is 3.03. The molecule has 5 nitrogen and oxygen atoms in total. The van der Waals surface area contributed by atoms with Gasteiger partial charge in [-0.25, -0.2) is 4.98 Å². The van der Waals surface area contributed by atoms with E-state index in [1.807, 2.05) is 13.8 Å². The molecule has 2 N–H and O–H groups in total. The van der Waals surface area contributed by atoms with Gasteiger partial charge < -0.3 is 5.73 Å². The highest BCUT2D eigenvalue weighted by Gasteiger charge is 2.19. The minimum Gasteiger partial charge on any atom is -0.325 e. The first-order valence-electron chi connectivity index (χ1n) is 6.52. The van der Waals surface area contributed by atoms with E-state index >= 15 is 0 Å². The Bertz CT molecular complexity index is 620. The van der Waals surface area contributed by atoms with E-state index < -0.39 is 0 Å². The molecule has 0 unspecified atom stereocenters. The Morgan fingerprint density at radius 1 is 1.50 bits per heavy atom.